The Bertz CT molecular complexity index is 282. The van der Waals surface area contributed by atoms with Crippen LogP contribution in [0, 0.1) is 0 Å². The average Bonchev–Trinajstić information content (AvgIpc) is 2.22. The van der Waals surface area contributed by atoms with Gasteiger partial charge < -0.3 is 9.84 Å². The molecule has 0 fully saturated rings. The number of carbonyl (C=O) groups is 1. The van der Waals surface area contributed by atoms with Gasteiger partial charge in [0.2, 0.25) is 0 Å². The van der Waals surface area contributed by atoms with E-state index in [-0.39, 0.29) is 12.6 Å². The molecule has 94 valence electrons. The Morgan fingerprint density at radius 1 is 1.44 bits per heavy atom. The Kier molecular flexibility index (Phi) is 6.41. The molecule has 0 aliphatic rings. The predicted octanol–water partition coefficient (Wildman–Crippen LogP) is 2.52. The summed E-state index contributed by atoms with van der Waals surface area (Å²) in [7, 11) is -1.79. The van der Waals surface area contributed by atoms with Gasteiger partial charge in [0.1, 0.15) is 0 Å². The van der Waals surface area contributed by atoms with Gasteiger partial charge in [-0.15, -0.1) is 0 Å². The zero-order chi connectivity index (χ0) is 13.5. The molecule has 3 nitrogen and oxygen atoms in total. The van der Waals surface area contributed by atoms with E-state index >= 15 is 0 Å². The van der Waals surface area contributed by atoms with Crippen molar-refractivity contribution < 1.29 is 16.0 Å². The van der Waals surface area contributed by atoms with Gasteiger partial charge in [0.25, 0.3) is 0 Å². The number of esters is 1. The molecular weight excluding hydrogens is 220 g/mol. The molecule has 0 amide bonds. The molecule has 0 aromatic rings. The van der Waals surface area contributed by atoms with E-state index < -0.39 is 8.07 Å². The van der Waals surface area contributed by atoms with Gasteiger partial charge in [-0.3, -0.25) is 0 Å². The minimum atomic E-state index is -1.79. The topological polar surface area (TPSA) is 46.5 Å². The number of rotatable bonds is 7. The monoisotopic (exact) mass is 245 g/mol. The molecule has 0 saturated heterocycles. The van der Waals surface area contributed by atoms with Crippen LogP contribution < -0.4 is 0 Å². The lowest BCUT2D eigenvalue weighted by atomic mass is 10.1. The van der Waals surface area contributed by atoms with E-state index in [9.17, 15) is 4.79 Å². The van der Waals surface area contributed by atoms with Gasteiger partial charge in [-0.25, -0.2) is 4.79 Å². The minimum absolute atomic E-state index is 0.121. The number of unbranched alkanes of at least 4 members (excludes halogenated alkanes) is 1. The number of hydrogen-bond donors (Lipinski definition) is 1. The van der Waals surface area contributed by atoms with Gasteiger partial charge in [0.05, 0.1) is 16.1 Å². The van der Waals surface area contributed by atoms with E-state index in [1.165, 1.54) is 0 Å². The molecule has 16 heavy (non-hydrogen) atoms. The SMILES string of the molecule is [2H]C(=C(CCCCO)C(=O)OCC)[Si](C)(C)C. The van der Waals surface area contributed by atoms with Crippen LogP contribution in [0.25, 0.3) is 0 Å². The number of aliphatic hydroxyl groups excluding tert-OH is 1. The molecule has 0 spiro atoms. The number of aliphatic hydroxyl groups is 1. The van der Waals surface area contributed by atoms with E-state index in [1.54, 1.807) is 6.92 Å². The lowest BCUT2D eigenvalue weighted by molar-refractivity contribution is -0.138. The zero-order valence-corrected chi connectivity index (χ0v) is 11.8. The molecule has 1 N–H and O–H groups in total. The molecule has 0 rings (SSSR count). The highest BCUT2D eigenvalue weighted by atomic mass is 28.3. The quantitative estimate of drug-likeness (QED) is 0.324. The summed E-state index contributed by atoms with van der Waals surface area (Å²) in [6.45, 7) is 8.35. The van der Waals surface area contributed by atoms with Gasteiger partial charge in [0, 0.05) is 12.2 Å². The number of hydrogen-bond acceptors (Lipinski definition) is 3. The predicted molar refractivity (Wildman–Crippen MR) is 69.0 cm³/mol. The first-order valence-corrected chi connectivity index (χ1v) is 9.32. The molecule has 0 saturated carbocycles. The van der Waals surface area contributed by atoms with Gasteiger partial charge in [-0.05, 0) is 26.2 Å². The van der Waals surface area contributed by atoms with Crippen molar-refractivity contribution in [3.8, 4) is 0 Å². The first-order valence-electron chi connectivity index (χ1n) is 6.32. The standard InChI is InChI=1S/C12H24O3Si/c1-5-15-12(14)11(8-6-7-9-13)10-16(2,3)4/h10,13H,5-9H2,1-4H3/i10D. The van der Waals surface area contributed by atoms with Crippen molar-refractivity contribution in [1.29, 1.82) is 0 Å². The smallest absolute Gasteiger partial charge is 0.333 e. The van der Waals surface area contributed by atoms with Crippen molar-refractivity contribution in [3.05, 3.63) is 11.2 Å². The van der Waals surface area contributed by atoms with Crippen LogP contribution in [0.4, 0.5) is 0 Å². The van der Waals surface area contributed by atoms with Crippen LogP contribution in [-0.4, -0.2) is 32.4 Å². The second-order valence-electron chi connectivity index (χ2n) is 4.75. The first-order chi connectivity index (χ1) is 7.84. The summed E-state index contributed by atoms with van der Waals surface area (Å²) in [5.74, 6) is -0.363. The highest BCUT2D eigenvalue weighted by Crippen LogP contribution is 2.14. The maximum absolute atomic E-state index is 11.8. The van der Waals surface area contributed by atoms with Crippen molar-refractivity contribution in [2.75, 3.05) is 13.2 Å². The van der Waals surface area contributed by atoms with E-state index in [4.69, 9.17) is 11.2 Å². The van der Waals surface area contributed by atoms with Crippen LogP contribution in [0.15, 0.2) is 11.2 Å². The minimum Gasteiger partial charge on any atom is -0.463 e. The van der Waals surface area contributed by atoms with Gasteiger partial charge in [-0.2, -0.15) is 0 Å². The third-order valence-electron chi connectivity index (χ3n) is 1.88. The molecule has 0 aliphatic carbocycles. The second-order valence-corrected chi connectivity index (χ2v) is 9.50. The van der Waals surface area contributed by atoms with Gasteiger partial charge >= 0.3 is 5.97 Å². The molecule has 0 unspecified atom stereocenters. The van der Waals surface area contributed by atoms with Crippen molar-refractivity contribution in [3.63, 3.8) is 0 Å². The summed E-state index contributed by atoms with van der Waals surface area (Å²) in [6.07, 6.45) is 1.90. The average molecular weight is 245 g/mol. The fourth-order valence-corrected chi connectivity index (χ4v) is 2.43. The lowest BCUT2D eigenvalue weighted by Crippen LogP contribution is -2.20. The molecular formula is C12H24O3Si. The second kappa shape index (κ2) is 7.63. The summed E-state index contributed by atoms with van der Waals surface area (Å²) >= 11 is 0. The van der Waals surface area contributed by atoms with Crippen molar-refractivity contribution in [2.24, 2.45) is 0 Å². The molecule has 0 bridgehead atoms. The van der Waals surface area contributed by atoms with Crippen LogP contribution in [-0.2, 0) is 9.53 Å². The van der Waals surface area contributed by atoms with Crippen molar-refractivity contribution in [2.45, 2.75) is 45.8 Å². The van der Waals surface area contributed by atoms with Crippen LogP contribution in [0.3, 0.4) is 0 Å². The Hall–Kier alpha value is -0.613. The lowest BCUT2D eigenvalue weighted by Gasteiger charge is -2.13. The van der Waals surface area contributed by atoms with Crippen LogP contribution in [0.5, 0.6) is 0 Å². The van der Waals surface area contributed by atoms with Crippen LogP contribution in [0.2, 0.25) is 19.6 Å². The zero-order valence-electron chi connectivity index (χ0n) is 11.8. The van der Waals surface area contributed by atoms with Crippen molar-refractivity contribution in [1.82, 2.24) is 0 Å². The third-order valence-corrected chi connectivity index (χ3v) is 2.93. The van der Waals surface area contributed by atoms with E-state index in [1.807, 2.05) is 19.6 Å². The maximum Gasteiger partial charge on any atom is 0.333 e. The van der Waals surface area contributed by atoms with Crippen molar-refractivity contribution >= 4 is 14.0 Å². The number of carbonyl (C=O) groups excluding carboxylic acids is 1. The number of ether oxygens (including phenoxy) is 1. The summed E-state index contributed by atoms with van der Waals surface area (Å²) in [6, 6.07) is 0. The third kappa shape index (κ3) is 7.65. The maximum atomic E-state index is 11.8. The first kappa shape index (κ1) is 13.5. The van der Waals surface area contributed by atoms with Gasteiger partial charge in [-0.1, -0.05) is 25.3 Å². The van der Waals surface area contributed by atoms with Crippen LogP contribution in [0.1, 0.15) is 27.6 Å². The Labute approximate surface area is 101 Å². The molecule has 0 atom stereocenters. The fraction of sp³-hybridized carbons (Fsp3) is 0.750. The van der Waals surface area contributed by atoms with Crippen LogP contribution >= 0.6 is 0 Å². The summed E-state index contributed by atoms with van der Waals surface area (Å²) in [5, 5.41) is 8.75. The highest BCUT2D eigenvalue weighted by Gasteiger charge is 2.16. The summed E-state index contributed by atoms with van der Waals surface area (Å²) in [5.41, 5.74) is 0.966. The van der Waals surface area contributed by atoms with Gasteiger partial charge in [0.15, 0.2) is 0 Å². The summed E-state index contributed by atoms with van der Waals surface area (Å²) < 4.78 is 13.1. The normalized spacial score (nSPS) is 14.2. The molecule has 0 aromatic heterocycles. The summed E-state index contributed by atoms with van der Waals surface area (Å²) in [4.78, 5) is 11.8. The van der Waals surface area contributed by atoms with E-state index in [0.29, 0.717) is 30.7 Å². The molecule has 0 aromatic carbocycles. The Morgan fingerprint density at radius 2 is 2.06 bits per heavy atom. The largest absolute Gasteiger partial charge is 0.463 e. The molecule has 0 heterocycles. The van der Waals surface area contributed by atoms with E-state index in [0.717, 1.165) is 6.42 Å². The Balaban J connectivity index is 4.90. The Morgan fingerprint density at radius 3 is 2.50 bits per heavy atom. The van der Waals surface area contributed by atoms with E-state index in [2.05, 4.69) is 0 Å². The fourth-order valence-electron chi connectivity index (χ4n) is 1.30. The molecule has 0 radical (unpaired) electrons. The molecule has 0 aliphatic heterocycles. The highest BCUT2D eigenvalue weighted by molar-refractivity contribution is 6.81. The molecule has 4 heteroatoms.